The molecule has 2 aromatic carbocycles. The Kier molecular flexibility index (Phi) is 4.06. The highest BCUT2D eigenvalue weighted by Gasteiger charge is 2.16. The normalized spacial score (nSPS) is 11.3. The van der Waals surface area contributed by atoms with Crippen LogP contribution >= 0.6 is 0 Å². The molecule has 0 radical (unpaired) electrons. The lowest BCUT2D eigenvalue weighted by molar-refractivity contribution is 0.146. The number of hydrogen-bond donors (Lipinski definition) is 3. The number of methoxy groups -OCH3 is 1. The Hall–Kier alpha value is -3.32. The predicted molar refractivity (Wildman–Crippen MR) is 101 cm³/mol. The highest BCUT2D eigenvalue weighted by molar-refractivity contribution is 6.00. The summed E-state index contributed by atoms with van der Waals surface area (Å²) in [5, 5.41) is 0.782. The molecular formula is C19H18N4O3. The Bertz CT molecular complexity index is 1150. The van der Waals surface area contributed by atoms with Crippen molar-refractivity contribution in [2.24, 2.45) is 0 Å². The van der Waals surface area contributed by atoms with Crippen LogP contribution in [0.4, 0.5) is 5.69 Å². The quantitative estimate of drug-likeness (QED) is 0.480. The maximum atomic E-state index is 12.5. The van der Waals surface area contributed by atoms with Gasteiger partial charge in [-0.25, -0.2) is 4.98 Å². The zero-order valence-corrected chi connectivity index (χ0v) is 14.2. The van der Waals surface area contributed by atoms with Gasteiger partial charge in [0, 0.05) is 18.0 Å². The minimum Gasteiger partial charge on any atom is -0.491 e. The second kappa shape index (κ2) is 6.53. The van der Waals surface area contributed by atoms with Crippen molar-refractivity contribution in [3.63, 3.8) is 0 Å². The predicted octanol–water partition coefficient (Wildman–Crippen LogP) is 2.68. The molecule has 4 rings (SSSR count). The molecule has 0 saturated carbocycles. The van der Waals surface area contributed by atoms with Crippen LogP contribution in [0.5, 0.6) is 5.75 Å². The van der Waals surface area contributed by atoms with Gasteiger partial charge in [0.05, 0.1) is 29.0 Å². The first-order chi connectivity index (χ1) is 12.7. The first-order valence-electron chi connectivity index (χ1n) is 8.20. The van der Waals surface area contributed by atoms with Gasteiger partial charge < -0.3 is 25.2 Å². The Morgan fingerprint density at radius 1 is 1.08 bits per heavy atom. The number of benzene rings is 2. The van der Waals surface area contributed by atoms with Gasteiger partial charge in [0.25, 0.3) is 5.56 Å². The van der Waals surface area contributed by atoms with E-state index in [9.17, 15) is 4.79 Å². The number of nitrogen functional groups attached to an aromatic ring is 1. The summed E-state index contributed by atoms with van der Waals surface area (Å²) in [7, 11) is 1.62. The van der Waals surface area contributed by atoms with Crippen LogP contribution in [0.15, 0.2) is 47.3 Å². The molecule has 0 fully saturated rings. The Labute approximate surface area is 148 Å². The van der Waals surface area contributed by atoms with Crippen LogP contribution in [0.3, 0.4) is 0 Å². The smallest absolute Gasteiger partial charge is 0.276 e. The molecule has 4 N–H and O–H groups in total. The van der Waals surface area contributed by atoms with Crippen molar-refractivity contribution in [2.75, 3.05) is 26.1 Å². The monoisotopic (exact) mass is 350 g/mol. The molecule has 26 heavy (non-hydrogen) atoms. The second-order valence-corrected chi connectivity index (χ2v) is 5.89. The number of nitrogens with two attached hydrogens (primary N) is 1. The molecule has 0 bridgehead atoms. The van der Waals surface area contributed by atoms with Gasteiger partial charge in [0.15, 0.2) is 5.69 Å². The molecule has 0 aliphatic heterocycles. The average Bonchev–Trinajstić information content (AvgIpc) is 2.98. The van der Waals surface area contributed by atoms with Crippen LogP contribution in [-0.2, 0) is 4.74 Å². The van der Waals surface area contributed by atoms with Crippen molar-refractivity contribution in [2.45, 2.75) is 0 Å². The van der Waals surface area contributed by atoms with Crippen LogP contribution in [0.1, 0.15) is 0 Å². The number of ether oxygens (including phenoxy) is 2. The Morgan fingerprint density at radius 2 is 1.92 bits per heavy atom. The van der Waals surface area contributed by atoms with Gasteiger partial charge in [-0.3, -0.25) is 4.79 Å². The lowest BCUT2D eigenvalue weighted by Crippen LogP contribution is -2.12. The lowest BCUT2D eigenvalue weighted by atomic mass is 10.2. The average molecular weight is 350 g/mol. The maximum absolute atomic E-state index is 12.5. The van der Waals surface area contributed by atoms with Crippen molar-refractivity contribution in [3.05, 3.63) is 52.8 Å². The SMILES string of the molecule is COCCOc1ccc2[nH]c(-c3nc4ccccc4[nH]c3=O)c(N)c2c1. The highest BCUT2D eigenvalue weighted by atomic mass is 16.5. The molecule has 4 aromatic rings. The number of aromatic amines is 2. The van der Waals surface area contributed by atoms with Gasteiger partial charge in [-0.05, 0) is 30.3 Å². The number of anilines is 1. The molecule has 0 unspecified atom stereocenters. The third kappa shape index (κ3) is 2.78. The molecule has 2 heterocycles. The number of H-pyrrole nitrogens is 2. The minimum absolute atomic E-state index is 0.263. The highest BCUT2D eigenvalue weighted by Crippen LogP contribution is 2.33. The number of hydrogen-bond acceptors (Lipinski definition) is 5. The van der Waals surface area contributed by atoms with Crippen molar-refractivity contribution in [1.82, 2.24) is 15.0 Å². The van der Waals surface area contributed by atoms with Gasteiger partial charge in [0.2, 0.25) is 0 Å². The molecule has 0 atom stereocenters. The standard InChI is InChI=1S/C19H18N4O3/c1-25-8-9-26-11-6-7-13-12(10-11)16(20)17(21-13)18-19(24)23-15-5-3-2-4-14(15)22-18/h2-7,10,21H,8-9,20H2,1H3,(H,23,24). The van der Waals surface area contributed by atoms with Crippen LogP contribution in [0, 0.1) is 0 Å². The first kappa shape index (κ1) is 16.2. The van der Waals surface area contributed by atoms with Crippen LogP contribution in [0.25, 0.3) is 33.3 Å². The largest absolute Gasteiger partial charge is 0.491 e. The fraction of sp³-hybridized carbons (Fsp3) is 0.158. The summed E-state index contributed by atoms with van der Waals surface area (Å²) in [5.41, 5.74) is 9.43. The van der Waals surface area contributed by atoms with Crippen molar-refractivity contribution >= 4 is 27.6 Å². The lowest BCUT2D eigenvalue weighted by Gasteiger charge is -2.05. The fourth-order valence-electron chi connectivity index (χ4n) is 2.91. The summed E-state index contributed by atoms with van der Waals surface area (Å²) in [6.07, 6.45) is 0. The summed E-state index contributed by atoms with van der Waals surface area (Å²) < 4.78 is 10.6. The van der Waals surface area contributed by atoms with E-state index >= 15 is 0 Å². The van der Waals surface area contributed by atoms with Crippen LogP contribution in [0.2, 0.25) is 0 Å². The summed E-state index contributed by atoms with van der Waals surface area (Å²) in [6.45, 7) is 0.952. The molecule has 2 aromatic heterocycles. The van der Waals surface area contributed by atoms with E-state index in [2.05, 4.69) is 15.0 Å². The molecule has 7 heteroatoms. The van der Waals surface area contributed by atoms with Crippen LogP contribution < -0.4 is 16.0 Å². The van der Waals surface area contributed by atoms with Gasteiger partial charge in [-0.2, -0.15) is 0 Å². The molecule has 132 valence electrons. The topological polar surface area (TPSA) is 106 Å². The number of aromatic nitrogens is 3. The summed E-state index contributed by atoms with van der Waals surface area (Å²) >= 11 is 0. The first-order valence-corrected chi connectivity index (χ1v) is 8.20. The molecule has 0 saturated heterocycles. The fourth-order valence-corrected chi connectivity index (χ4v) is 2.91. The molecule has 0 aliphatic carbocycles. The van der Waals surface area contributed by atoms with Crippen molar-refractivity contribution in [3.8, 4) is 17.1 Å². The minimum atomic E-state index is -0.293. The molecule has 0 spiro atoms. The van der Waals surface area contributed by atoms with Crippen molar-refractivity contribution < 1.29 is 9.47 Å². The zero-order valence-electron chi connectivity index (χ0n) is 14.2. The van der Waals surface area contributed by atoms with E-state index < -0.39 is 0 Å². The van der Waals surface area contributed by atoms with E-state index in [1.54, 1.807) is 7.11 Å². The molecule has 0 amide bonds. The van der Waals surface area contributed by atoms with E-state index in [1.165, 1.54) is 0 Å². The van der Waals surface area contributed by atoms with Gasteiger partial charge in [-0.1, -0.05) is 12.1 Å². The van der Waals surface area contributed by atoms with Crippen molar-refractivity contribution in [1.29, 1.82) is 0 Å². The maximum Gasteiger partial charge on any atom is 0.276 e. The Morgan fingerprint density at radius 3 is 2.77 bits per heavy atom. The van der Waals surface area contributed by atoms with E-state index in [1.807, 2.05) is 42.5 Å². The number of rotatable bonds is 5. The third-order valence-corrected chi connectivity index (χ3v) is 4.20. The van der Waals surface area contributed by atoms with Gasteiger partial charge in [0.1, 0.15) is 12.4 Å². The van der Waals surface area contributed by atoms with E-state index in [4.69, 9.17) is 15.2 Å². The van der Waals surface area contributed by atoms with E-state index in [-0.39, 0.29) is 11.3 Å². The summed E-state index contributed by atoms with van der Waals surface area (Å²) in [5.74, 6) is 0.687. The number of nitrogens with one attached hydrogen (secondary N) is 2. The van der Waals surface area contributed by atoms with Gasteiger partial charge in [-0.15, -0.1) is 0 Å². The van der Waals surface area contributed by atoms with E-state index in [0.29, 0.717) is 41.4 Å². The second-order valence-electron chi connectivity index (χ2n) is 5.89. The summed E-state index contributed by atoms with van der Waals surface area (Å²) in [6, 6.07) is 12.9. The van der Waals surface area contributed by atoms with Gasteiger partial charge >= 0.3 is 0 Å². The number of nitrogens with zero attached hydrogens (tertiary/aromatic N) is 1. The molecule has 7 nitrogen and oxygen atoms in total. The van der Waals surface area contributed by atoms with Crippen LogP contribution in [-0.4, -0.2) is 35.3 Å². The zero-order chi connectivity index (χ0) is 18.1. The molecule has 0 aliphatic rings. The van der Waals surface area contributed by atoms with E-state index in [0.717, 1.165) is 10.9 Å². The third-order valence-electron chi connectivity index (χ3n) is 4.20. The summed E-state index contributed by atoms with van der Waals surface area (Å²) in [4.78, 5) is 23.0. The number of fused-ring (bicyclic) bond motifs is 2. The Balaban J connectivity index is 1.81. The molecular weight excluding hydrogens is 332 g/mol. The number of para-hydroxylation sites is 2.